The predicted octanol–water partition coefficient (Wildman–Crippen LogP) is 1.53. The lowest BCUT2D eigenvalue weighted by atomic mass is 10.1. The van der Waals surface area contributed by atoms with Crippen LogP contribution in [0.1, 0.15) is 29.3 Å². The Kier molecular flexibility index (Phi) is 4.51. The number of para-hydroxylation sites is 2. The van der Waals surface area contributed by atoms with Gasteiger partial charge < -0.3 is 9.88 Å². The fourth-order valence-corrected chi connectivity index (χ4v) is 3.62. The first-order valence-corrected chi connectivity index (χ1v) is 9.29. The van der Waals surface area contributed by atoms with Gasteiger partial charge in [0.25, 0.3) is 5.56 Å². The van der Waals surface area contributed by atoms with Crippen LogP contribution in [0.15, 0.2) is 29.1 Å². The summed E-state index contributed by atoms with van der Waals surface area (Å²) in [6.07, 6.45) is 2.17. The number of amides is 1. The van der Waals surface area contributed by atoms with Crippen LogP contribution in [0.25, 0.3) is 11.0 Å². The molecular weight excluding hydrogens is 342 g/mol. The zero-order valence-corrected chi connectivity index (χ0v) is 15.7. The van der Waals surface area contributed by atoms with Gasteiger partial charge in [-0.15, -0.1) is 0 Å². The molecule has 0 saturated carbocycles. The molecule has 1 aliphatic heterocycles. The van der Waals surface area contributed by atoms with Gasteiger partial charge in [0.05, 0.1) is 16.7 Å². The molecular formula is C20H23N5O2. The summed E-state index contributed by atoms with van der Waals surface area (Å²) in [5, 5.41) is 0. The van der Waals surface area contributed by atoms with Crippen LogP contribution in [0.4, 0.5) is 0 Å². The number of aromatic nitrogens is 4. The first-order valence-electron chi connectivity index (χ1n) is 9.29. The number of rotatable bonds is 3. The minimum atomic E-state index is 0.00840. The molecule has 1 amide bonds. The van der Waals surface area contributed by atoms with Crippen molar-refractivity contribution in [3.05, 3.63) is 57.5 Å². The van der Waals surface area contributed by atoms with E-state index in [2.05, 4.69) is 15.0 Å². The van der Waals surface area contributed by atoms with Crippen molar-refractivity contribution in [3.63, 3.8) is 0 Å². The van der Waals surface area contributed by atoms with Gasteiger partial charge in [0.15, 0.2) is 0 Å². The molecule has 1 aromatic carbocycles. The minimum Gasteiger partial charge on any atom is -0.342 e. The number of benzene rings is 1. The van der Waals surface area contributed by atoms with Gasteiger partial charge in [-0.1, -0.05) is 12.1 Å². The Labute approximate surface area is 157 Å². The number of carbonyl (C=O) groups is 1. The van der Waals surface area contributed by atoms with Gasteiger partial charge >= 0.3 is 0 Å². The molecule has 4 rings (SSSR count). The summed E-state index contributed by atoms with van der Waals surface area (Å²) in [6, 6.07) is 7.85. The van der Waals surface area contributed by atoms with E-state index in [4.69, 9.17) is 0 Å². The number of aromatic amines is 1. The number of fused-ring (bicyclic) bond motifs is 2. The first-order chi connectivity index (χ1) is 13.0. The molecule has 3 heterocycles. The largest absolute Gasteiger partial charge is 0.342 e. The minimum absolute atomic E-state index is 0.00840. The second-order valence-corrected chi connectivity index (χ2v) is 7.03. The lowest BCUT2D eigenvalue weighted by molar-refractivity contribution is -0.131. The standard InChI is InChI=1S/C20H23N5O2/c1-13-21-15-10-12-25(11-9-14(15)20(27)24(13)2)19(26)8-7-18-22-16-5-3-4-6-17(16)23-18/h3-6H,7-12H2,1-2H3,(H,22,23). The molecule has 140 valence electrons. The summed E-state index contributed by atoms with van der Waals surface area (Å²) in [4.78, 5) is 39.4. The first kappa shape index (κ1) is 17.5. The summed E-state index contributed by atoms with van der Waals surface area (Å²) < 4.78 is 1.58. The second-order valence-electron chi connectivity index (χ2n) is 7.03. The van der Waals surface area contributed by atoms with Gasteiger partial charge in [0.1, 0.15) is 11.6 Å². The van der Waals surface area contributed by atoms with E-state index >= 15 is 0 Å². The lowest BCUT2D eigenvalue weighted by Crippen LogP contribution is -2.33. The Balaban J connectivity index is 1.42. The van der Waals surface area contributed by atoms with Crippen molar-refractivity contribution in [2.24, 2.45) is 7.05 Å². The van der Waals surface area contributed by atoms with Crippen molar-refractivity contribution in [2.75, 3.05) is 13.1 Å². The topological polar surface area (TPSA) is 83.9 Å². The number of imidazole rings is 1. The summed E-state index contributed by atoms with van der Waals surface area (Å²) in [7, 11) is 1.74. The van der Waals surface area contributed by atoms with Gasteiger partial charge in [0, 0.05) is 45.0 Å². The third-order valence-electron chi connectivity index (χ3n) is 5.31. The second kappa shape index (κ2) is 6.98. The number of aryl methyl sites for hydroxylation is 2. The molecule has 0 unspecified atom stereocenters. The molecule has 0 saturated heterocycles. The van der Waals surface area contributed by atoms with Crippen molar-refractivity contribution >= 4 is 16.9 Å². The fourth-order valence-electron chi connectivity index (χ4n) is 3.62. The van der Waals surface area contributed by atoms with Gasteiger partial charge in [-0.05, 0) is 25.5 Å². The van der Waals surface area contributed by atoms with Crippen molar-refractivity contribution in [1.29, 1.82) is 0 Å². The van der Waals surface area contributed by atoms with Gasteiger partial charge in [-0.25, -0.2) is 9.97 Å². The maximum absolute atomic E-state index is 12.7. The Morgan fingerprint density at radius 3 is 2.78 bits per heavy atom. The molecule has 0 bridgehead atoms. The van der Waals surface area contributed by atoms with Crippen LogP contribution in [0.2, 0.25) is 0 Å². The number of H-pyrrole nitrogens is 1. The van der Waals surface area contributed by atoms with Gasteiger partial charge in [-0.2, -0.15) is 0 Å². The van der Waals surface area contributed by atoms with Crippen molar-refractivity contribution in [2.45, 2.75) is 32.6 Å². The molecule has 0 radical (unpaired) electrons. The van der Waals surface area contributed by atoms with Crippen molar-refractivity contribution < 1.29 is 4.79 Å². The number of carbonyl (C=O) groups excluding carboxylic acids is 1. The highest BCUT2D eigenvalue weighted by Gasteiger charge is 2.22. The monoisotopic (exact) mass is 365 g/mol. The van der Waals surface area contributed by atoms with Crippen LogP contribution in [-0.4, -0.2) is 43.4 Å². The summed E-state index contributed by atoms with van der Waals surface area (Å²) in [5.74, 6) is 1.63. The van der Waals surface area contributed by atoms with E-state index in [1.54, 1.807) is 11.6 Å². The zero-order chi connectivity index (χ0) is 19.0. The number of nitrogens with one attached hydrogen (secondary N) is 1. The predicted molar refractivity (Wildman–Crippen MR) is 103 cm³/mol. The van der Waals surface area contributed by atoms with Gasteiger partial charge in [0.2, 0.25) is 5.91 Å². The lowest BCUT2D eigenvalue weighted by Gasteiger charge is -2.19. The van der Waals surface area contributed by atoms with Crippen LogP contribution in [-0.2, 0) is 31.1 Å². The van der Waals surface area contributed by atoms with E-state index in [0.717, 1.165) is 28.1 Å². The van der Waals surface area contributed by atoms with Gasteiger partial charge in [-0.3, -0.25) is 14.2 Å². The molecule has 0 aliphatic carbocycles. The van der Waals surface area contributed by atoms with E-state index in [-0.39, 0.29) is 11.5 Å². The van der Waals surface area contributed by atoms with Crippen LogP contribution in [0.3, 0.4) is 0 Å². The Bertz CT molecular complexity index is 1030. The molecule has 0 fully saturated rings. The Morgan fingerprint density at radius 2 is 1.96 bits per heavy atom. The average molecular weight is 365 g/mol. The highest BCUT2D eigenvalue weighted by atomic mass is 16.2. The fraction of sp³-hybridized carbons (Fsp3) is 0.400. The summed E-state index contributed by atoms with van der Waals surface area (Å²) in [5.41, 5.74) is 3.50. The number of nitrogens with zero attached hydrogens (tertiary/aromatic N) is 4. The normalized spacial score (nSPS) is 14.2. The van der Waals surface area contributed by atoms with Crippen molar-refractivity contribution in [1.82, 2.24) is 24.4 Å². The molecule has 2 aromatic heterocycles. The Hall–Kier alpha value is -2.96. The van der Waals surface area contributed by atoms with Crippen LogP contribution in [0, 0.1) is 6.92 Å². The van der Waals surface area contributed by atoms with E-state index in [1.165, 1.54) is 0 Å². The molecule has 3 aromatic rings. The molecule has 1 aliphatic rings. The number of hydrogen-bond donors (Lipinski definition) is 1. The molecule has 1 N–H and O–H groups in total. The van der Waals surface area contributed by atoms with Crippen LogP contribution in [0.5, 0.6) is 0 Å². The maximum atomic E-state index is 12.7. The van der Waals surface area contributed by atoms with Crippen LogP contribution < -0.4 is 5.56 Å². The van der Waals surface area contributed by atoms with Crippen molar-refractivity contribution in [3.8, 4) is 0 Å². The Morgan fingerprint density at radius 1 is 1.19 bits per heavy atom. The molecule has 0 atom stereocenters. The SMILES string of the molecule is Cc1nc2c(c(=O)n1C)CCN(C(=O)CCc1nc3ccccc3[nH]1)CC2. The zero-order valence-electron chi connectivity index (χ0n) is 15.7. The van der Waals surface area contributed by atoms with E-state index < -0.39 is 0 Å². The van der Waals surface area contributed by atoms with E-state index in [1.807, 2.05) is 36.1 Å². The summed E-state index contributed by atoms with van der Waals surface area (Å²) in [6.45, 7) is 3.00. The van der Waals surface area contributed by atoms with Crippen LogP contribution >= 0.6 is 0 Å². The maximum Gasteiger partial charge on any atom is 0.256 e. The summed E-state index contributed by atoms with van der Waals surface area (Å²) >= 11 is 0. The highest BCUT2D eigenvalue weighted by Crippen LogP contribution is 2.14. The molecule has 7 nitrogen and oxygen atoms in total. The molecule has 27 heavy (non-hydrogen) atoms. The quantitative estimate of drug-likeness (QED) is 0.763. The third-order valence-corrected chi connectivity index (χ3v) is 5.31. The van der Waals surface area contributed by atoms with E-state index in [0.29, 0.717) is 44.6 Å². The number of hydrogen-bond acceptors (Lipinski definition) is 4. The average Bonchev–Trinajstić information content (AvgIpc) is 2.97. The van der Waals surface area contributed by atoms with E-state index in [9.17, 15) is 9.59 Å². The smallest absolute Gasteiger partial charge is 0.256 e. The highest BCUT2D eigenvalue weighted by molar-refractivity contribution is 5.77. The third kappa shape index (κ3) is 3.37. The molecule has 7 heteroatoms. The molecule has 0 spiro atoms.